The first kappa shape index (κ1) is 21.2. The van der Waals surface area contributed by atoms with Crippen molar-refractivity contribution in [3.8, 4) is 0 Å². The summed E-state index contributed by atoms with van der Waals surface area (Å²) in [6.07, 6.45) is 1.51. The molecule has 2 aromatic carbocycles. The third kappa shape index (κ3) is 4.66. The molecule has 1 amide bonds. The van der Waals surface area contributed by atoms with Crippen LogP contribution >= 0.6 is 0 Å². The number of rotatable bonds is 6. The van der Waals surface area contributed by atoms with Crippen LogP contribution in [0, 0.1) is 0 Å². The van der Waals surface area contributed by atoms with Crippen molar-refractivity contribution < 1.29 is 17.9 Å². The van der Waals surface area contributed by atoms with Gasteiger partial charge in [-0.3, -0.25) is 14.2 Å². The summed E-state index contributed by atoms with van der Waals surface area (Å²) in [5.74, 6) is -0.288. The molecule has 1 N–H and O–H groups in total. The van der Waals surface area contributed by atoms with Crippen LogP contribution in [-0.4, -0.2) is 54.5 Å². The first-order valence-electron chi connectivity index (χ1n) is 9.87. The van der Waals surface area contributed by atoms with E-state index in [0.29, 0.717) is 42.9 Å². The Morgan fingerprint density at radius 2 is 1.77 bits per heavy atom. The Morgan fingerprint density at radius 3 is 2.52 bits per heavy atom. The number of aromatic nitrogens is 2. The quantitative estimate of drug-likeness (QED) is 0.619. The molecule has 0 radical (unpaired) electrons. The second kappa shape index (κ2) is 8.96. The molecule has 0 spiro atoms. The van der Waals surface area contributed by atoms with Crippen molar-refractivity contribution in [1.29, 1.82) is 0 Å². The van der Waals surface area contributed by atoms with Gasteiger partial charge in [-0.1, -0.05) is 12.1 Å². The number of carbonyl (C=O) groups excluding carboxylic acids is 1. The third-order valence-electron chi connectivity index (χ3n) is 5.06. The van der Waals surface area contributed by atoms with Gasteiger partial charge in [-0.15, -0.1) is 0 Å². The van der Waals surface area contributed by atoms with E-state index in [4.69, 9.17) is 4.74 Å². The van der Waals surface area contributed by atoms with E-state index >= 15 is 0 Å². The van der Waals surface area contributed by atoms with E-state index in [9.17, 15) is 18.0 Å². The van der Waals surface area contributed by atoms with E-state index in [1.807, 2.05) is 6.07 Å². The normalized spacial score (nSPS) is 15.1. The number of aryl methyl sites for hydroxylation is 1. The molecule has 2 heterocycles. The molecule has 1 aliphatic rings. The van der Waals surface area contributed by atoms with Gasteiger partial charge in [0, 0.05) is 31.7 Å². The molecule has 3 aromatic rings. The number of amides is 1. The Balaban J connectivity index is 1.38. The number of sulfonamides is 1. The number of anilines is 1. The van der Waals surface area contributed by atoms with E-state index in [2.05, 4.69) is 10.3 Å². The van der Waals surface area contributed by atoms with Crippen LogP contribution in [0.2, 0.25) is 0 Å². The van der Waals surface area contributed by atoms with Gasteiger partial charge in [0.25, 0.3) is 5.56 Å². The van der Waals surface area contributed by atoms with Gasteiger partial charge in [0.05, 0.1) is 35.3 Å². The lowest BCUT2D eigenvalue weighted by molar-refractivity contribution is -0.116. The fourth-order valence-electron chi connectivity index (χ4n) is 3.36. The molecule has 0 unspecified atom stereocenters. The van der Waals surface area contributed by atoms with Crippen LogP contribution in [0.3, 0.4) is 0 Å². The number of nitrogens with one attached hydrogen (secondary N) is 1. The van der Waals surface area contributed by atoms with Crippen molar-refractivity contribution in [2.45, 2.75) is 17.9 Å². The molecule has 4 rings (SSSR count). The van der Waals surface area contributed by atoms with Crippen molar-refractivity contribution >= 4 is 32.5 Å². The maximum absolute atomic E-state index is 12.6. The zero-order valence-electron chi connectivity index (χ0n) is 16.7. The van der Waals surface area contributed by atoms with E-state index in [0.717, 1.165) is 0 Å². The zero-order chi connectivity index (χ0) is 21.8. The average Bonchev–Trinajstić information content (AvgIpc) is 2.80. The highest BCUT2D eigenvalue weighted by atomic mass is 32.2. The van der Waals surface area contributed by atoms with Crippen molar-refractivity contribution in [1.82, 2.24) is 13.9 Å². The van der Waals surface area contributed by atoms with Crippen LogP contribution in [0.15, 0.2) is 64.5 Å². The van der Waals surface area contributed by atoms with Crippen LogP contribution in [0.5, 0.6) is 0 Å². The van der Waals surface area contributed by atoms with Crippen LogP contribution < -0.4 is 10.9 Å². The number of hydrogen-bond acceptors (Lipinski definition) is 6. The summed E-state index contributed by atoms with van der Waals surface area (Å²) in [6.45, 7) is 1.59. The highest BCUT2D eigenvalue weighted by Crippen LogP contribution is 2.19. The maximum atomic E-state index is 12.6. The van der Waals surface area contributed by atoms with Crippen molar-refractivity contribution in [2.75, 3.05) is 31.6 Å². The summed E-state index contributed by atoms with van der Waals surface area (Å²) in [5, 5.41) is 3.23. The predicted octanol–water partition coefficient (Wildman–Crippen LogP) is 1.45. The summed E-state index contributed by atoms with van der Waals surface area (Å²) in [4.78, 5) is 29.2. The van der Waals surface area contributed by atoms with E-state index in [-0.39, 0.29) is 29.3 Å². The van der Waals surface area contributed by atoms with Gasteiger partial charge in [0.1, 0.15) is 0 Å². The number of benzene rings is 2. The highest BCUT2D eigenvalue weighted by Gasteiger charge is 2.26. The van der Waals surface area contributed by atoms with Crippen LogP contribution in [-0.2, 0) is 26.1 Å². The molecule has 0 aliphatic carbocycles. The lowest BCUT2D eigenvalue weighted by Crippen LogP contribution is -2.40. The molecule has 9 nitrogen and oxygen atoms in total. The standard InChI is InChI=1S/C21H22N4O5S/c26-20(9-10-24-15-22-19-4-2-1-3-18(19)21(24)27)23-16-5-7-17(8-6-16)31(28,29)25-11-13-30-14-12-25/h1-8,15H,9-14H2,(H,23,26). The molecule has 0 atom stereocenters. The number of morpholine rings is 1. The summed E-state index contributed by atoms with van der Waals surface area (Å²) < 4.78 is 33.3. The number of carbonyl (C=O) groups is 1. The average molecular weight is 442 g/mol. The second-order valence-electron chi connectivity index (χ2n) is 7.10. The molecule has 0 saturated carbocycles. The van der Waals surface area contributed by atoms with Gasteiger partial charge in [0.2, 0.25) is 15.9 Å². The second-order valence-corrected chi connectivity index (χ2v) is 9.04. The van der Waals surface area contributed by atoms with Gasteiger partial charge in [-0.25, -0.2) is 13.4 Å². The van der Waals surface area contributed by atoms with E-state index < -0.39 is 10.0 Å². The maximum Gasteiger partial charge on any atom is 0.261 e. The number of para-hydroxylation sites is 1. The Morgan fingerprint density at radius 1 is 1.06 bits per heavy atom. The summed E-state index contributed by atoms with van der Waals surface area (Å²) in [5.41, 5.74) is 0.895. The molecule has 162 valence electrons. The summed E-state index contributed by atoms with van der Waals surface area (Å²) in [7, 11) is -3.58. The molecule has 0 bridgehead atoms. The molecule has 31 heavy (non-hydrogen) atoms. The minimum atomic E-state index is -3.58. The topological polar surface area (TPSA) is 111 Å². The first-order valence-corrected chi connectivity index (χ1v) is 11.3. The van der Waals surface area contributed by atoms with Gasteiger partial charge < -0.3 is 10.1 Å². The van der Waals surface area contributed by atoms with Gasteiger partial charge >= 0.3 is 0 Å². The van der Waals surface area contributed by atoms with Crippen LogP contribution in [0.4, 0.5) is 5.69 Å². The van der Waals surface area contributed by atoms with Crippen LogP contribution in [0.25, 0.3) is 10.9 Å². The molecule has 10 heteroatoms. The smallest absolute Gasteiger partial charge is 0.261 e. The summed E-state index contributed by atoms with van der Waals surface area (Å²) in [6, 6.07) is 13.1. The first-order chi connectivity index (χ1) is 14.9. The van der Waals surface area contributed by atoms with Gasteiger partial charge in [0.15, 0.2) is 0 Å². The van der Waals surface area contributed by atoms with Crippen molar-refractivity contribution in [3.63, 3.8) is 0 Å². The predicted molar refractivity (Wildman–Crippen MR) is 115 cm³/mol. The van der Waals surface area contributed by atoms with Crippen LogP contribution in [0.1, 0.15) is 6.42 Å². The largest absolute Gasteiger partial charge is 0.379 e. The Kier molecular flexibility index (Phi) is 6.12. The molecule has 1 fully saturated rings. The Hall–Kier alpha value is -3.08. The monoisotopic (exact) mass is 442 g/mol. The van der Waals surface area contributed by atoms with E-state index in [1.165, 1.54) is 27.3 Å². The SMILES string of the molecule is O=C(CCn1cnc2ccccc2c1=O)Nc1ccc(S(=O)(=O)N2CCOCC2)cc1. The molecular weight excluding hydrogens is 420 g/mol. The minimum Gasteiger partial charge on any atom is -0.379 e. The number of hydrogen-bond donors (Lipinski definition) is 1. The van der Waals surface area contributed by atoms with Crippen molar-refractivity contribution in [3.05, 3.63) is 65.2 Å². The molecule has 1 aliphatic heterocycles. The van der Waals surface area contributed by atoms with E-state index in [1.54, 1.807) is 30.3 Å². The lowest BCUT2D eigenvalue weighted by Gasteiger charge is -2.26. The molecule has 1 aromatic heterocycles. The zero-order valence-corrected chi connectivity index (χ0v) is 17.5. The Bertz CT molecular complexity index is 1250. The van der Waals surface area contributed by atoms with Gasteiger partial charge in [-0.05, 0) is 36.4 Å². The minimum absolute atomic E-state index is 0.0771. The number of nitrogens with zero attached hydrogens (tertiary/aromatic N) is 3. The molecular formula is C21H22N4O5S. The number of fused-ring (bicyclic) bond motifs is 1. The molecule has 1 saturated heterocycles. The fourth-order valence-corrected chi connectivity index (χ4v) is 4.77. The summed E-state index contributed by atoms with van der Waals surface area (Å²) >= 11 is 0. The lowest BCUT2D eigenvalue weighted by atomic mass is 10.2. The van der Waals surface area contributed by atoms with Crippen molar-refractivity contribution in [2.24, 2.45) is 0 Å². The Labute approximate surface area is 179 Å². The fraction of sp³-hybridized carbons (Fsp3) is 0.286. The third-order valence-corrected chi connectivity index (χ3v) is 6.97. The highest BCUT2D eigenvalue weighted by molar-refractivity contribution is 7.89. The number of ether oxygens (including phenoxy) is 1. The van der Waals surface area contributed by atoms with Gasteiger partial charge in [-0.2, -0.15) is 4.31 Å².